The first-order valence-corrected chi connectivity index (χ1v) is 24.9. The monoisotopic (exact) mass is 940 g/mol. The summed E-state index contributed by atoms with van der Waals surface area (Å²) in [6, 6.07) is 88.4. The van der Waals surface area contributed by atoms with Gasteiger partial charge in [-0.25, -0.2) is 4.85 Å². The lowest BCUT2D eigenvalue weighted by molar-refractivity contribution is 1.28. The molecule has 0 amide bonds. The Morgan fingerprint density at radius 2 is 0.730 bits per heavy atom. The predicted octanol–water partition coefficient (Wildman–Crippen LogP) is 18.7. The zero-order valence-electron chi connectivity index (χ0n) is 39.8. The van der Waals surface area contributed by atoms with Crippen molar-refractivity contribution < 1.29 is 0 Å². The summed E-state index contributed by atoms with van der Waals surface area (Å²) in [4.78, 5) is 8.25. The van der Waals surface area contributed by atoms with Crippen molar-refractivity contribution >= 4 is 116 Å². The van der Waals surface area contributed by atoms with Gasteiger partial charge in [-0.15, -0.1) is 0 Å². The second-order valence-corrected chi connectivity index (χ2v) is 19.0. The van der Waals surface area contributed by atoms with E-state index in [1.807, 2.05) is 60.7 Å². The lowest BCUT2D eigenvalue weighted by atomic mass is 9.89. The number of nitriles is 1. The van der Waals surface area contributed by atoms with E-state index in [9.17, 15) is 5.26 Å². The number of para-hydroxylation sites is 4. The van der Waals surface area contributed by atoms with Crippen molar-refractivity contribution in [1.29, 1.82) is 5.26 Å². The Morgan fingerprint density at radius 3 is 1.15 bits per heavy atom. The van der Waals surface area contributed by atoms with Crippen molar-refractivity contribution in [1.82, 2.24) is 8.80 Å². The minimum absolute atomic E-state index is 0.613. The van der Waals surface area contributed by atoms with Crippen molar-refractivity contribution in [2.24, 2.45) is 0 Å². The highest BCUT2D eigenvalue weighted by Gasteiger charge is 2.31. The quantitative estimate of drug-likeness (QED) is 0.143. The standard InChI is InChI=1S/C68H40N6/c1-70-46-30-34-50(35-31-46)72(48-22-12-5-13-23-48)52-37-39-60-58(41-52)54-25-15-27-56-64-61(44-16-6-2-7-17-44)67-63(62(45-18-8-3-9-19-45)68(64)74(60)66(54)56)55-26-14-24-53-57-40-51(36-38-59(57)73(67)65(53)55)71(47-20-10-4-11-21-47)49-32-28-43(42-69)29-33-49/h2-41H. The number of benzene rings is 11. The smallest absolute Gasteiger partial charge is 0.187 e. The molecule has 342 valence electrons. The number of nitrogens with zero attached hydrogens (tertiary/aromatic N) is 6. The Bertz CT molecular complexity index is 4450. The average Bonchev–Trinajstić information content (AvgIpc) is 4.22. The molecule has 0 N–H and O–H groups in total. The largest absolute Gasteiger partial charge is 0.311 e. The topological polar surface area (TPSA) is 43.5 Å². The molecular weight excluding hydrogens is 901 g/mol. The fourth-order valence-corrected chi connectivity index (χ4v) is 12.1. The van der Waals surface area contributed by atoms with E-state index in [-0.39, 0.29) is 0 Å². The van der Waals surface area contributed by atoms with Gasteiger partial charge in [-0.05, 0) is 108 Å². The van der Waals surface area contributed by atoms with E-state index in [1.165, 1.54) is 76.3 Å². The first-order chi connectivity index (χ1) is 36.7. The van der Waals surface area contributed by atoms with Crippen LogP contribution in [0.2, 0.25) is 0 Å². The molecule has 11 aromatic carbocycles. The average molecular weight is 941 g/mol. The Balaban J connectivity index is 1.07. The molecule has 0 bridgehead atoms. The van der Waals surface area contributed by atoms with Gasteiger partial charge < -0.3 is 18.6 Å². The van der Waals surface area contributed by atoms with Crippen molar-refractivity contribution in [3.05, 3.63) is 260 Å². The second kappa shape index (κ2) is 16.1. The van der Waals surface area contributed by atoms with Gasteiger partial charge in [-0.3, -0.25) is 0 Å². The molecule has 4 aromatic heterocycles. The highest BCUT2D eigenvalue weighted by Crippen LogP contribution is 2.54. The highest BCUT2D eigenvalue weighted by molar-refractivity contribution is 6.38. The summed E-state index contributed by atoms with van der Waals surface area (Å²) < 4.78 is 5.12. The lowest BCUT2D eigenvalue weighted by Gasteiger charge is -2.25. The normalized spacial score (nSPS) is 11.8. The van der Waals surface area contributed by atoms with Crippen LogP contribution in [0.4, 0.5) is 39.8 Å². The zero-order valence-corrected chi connectivity index (χ0v) is 39.8. The van der Waals surface area contributed by atoms with E-state index in [2.05, 4.69) is 212 Å². The number of rotatable bonds is 8. The van der Waals surface area contributed by atoms with Crippen LogP contribution in [-0.2, 0) is 0 Å². The molecule has 0 saturated heterocycles. The van der Waals surface area contributed by atoms with E-state index < -0.39 is 0 Å². The van der Waals surface area contributed by atoms with Crippen molar-refractivity contribution in [3.8, 4) is 28.3 Å². The van der Waals surface area contributed by atoms with Crippen LogP contribution in [-0.4, -0.2) is 8.80 Å². The van der Waals surface area contributed by atoms with Gasteiger partial charge in [0.05, 0.1) is 51.3 Å². The van der Waals surface area contributed by atoms with Crippen LogP contribution >= 0.6 is 0 Å². The fraction of sp³-hybridized carbons (Fsp3) is 0. The number of fused-ring (bicyclic) bond motifs is 12. The molecule has 0 unspecified atom stereocenters. The Hall–Kier alpha value is -10.4. The summed E-state index contributed by atoms with van der Waals surface area (Å²) in [5.41, 5.74) is 19.1. The van der Waals surface area contributed by atoms with Gasteiger partial charge in [0.25, 0.3) is 0 Å². The third-order valence-corrected chi connectivity index (χ3v) is 15.1. The molecule has 0 radical (unpaired) electrons. The van der Waals surface area contributed by atoms with Crippen LogP contribution in [0, 0.1) is 17.9 Å². The molecule has 15 aromatic rings. The molecule has 0 spiro atoms. The van der Waals surface area contributed by atoms with Crippen LogP contribution in [0.1, 0.15) is 5.56 Å². The summed E-state index contributed by atoms with van der Waals surface area (Å²) in [5, 5.41) is 19.3. The molecule has 74 heavy (non-hydrogen) atoms. The highest BCUT2D eigenvalue weighted by atomic mass is 15.1. The third-order valence-electron chi connectivity index (χ3n) is 15.1. The number of anilines is 6. The summed E-state index contributed by atoms with van der Waals surface area (Å²) in [5.74, 6) is 0. The van der Waals surface area contributed by atoms with Crippen LogP contribution in [0.25, 0.3) is 103 Å². The molecule has 15 rings (SSSR count). The zero-order chi connectivity index (χ0) is 49.0. The Labute approximate surface area is 425 Å². The molecule has 0 aliphatic carbocycles. The minimum Gasteiger partial charge on any atom is -0.311 e. The molecule has 0 fully saturated rings. The van der Waals surface area contributed by atoms with E-state index >= 15 is 0 Å². The second-order valence-electron chi connectivity index (χ2n) is 19.0. The van der Waals surface area contributed by atoms with Gasteiger partial charge in [0, 0.05) is 88.3 Å². The summed E-state index contributed by atoms with van der Waals surface area (Å²) in [6.45, 7) is 7.63. The summed E-state index contributed by atoms with van der Waals surface area (Å²) in [6.07, 6.45) is 0. The van der Waals surface area contributed by atoms with Crippen LogP contribution < -0.4 is 9.80 Å². The van der Waals surface area contributed by atoms with Gasteiger partial charge in [0.15, 0.2) is 5.69 Å². The fourth-order valence-electron chi connectivity index (χ4n) is 12.1. The first kappa shape index (κ1) is 41.4. The molecule has 0 atom stereocenters. The van der Waals surface area contributed by atoms with Crippen molar-refractivity contribution in [2.75, 3.05) is 9.80 Å². The van der Waals surface area contributed by atoms with Gasteiger partial charge in [-0.1, -0.05) is 146 Å². The van der Waals surface area contributed by atoms with Crippen LogP contribution in [0.3, 0.4) is 0 Å². The molecule has 0 saturated carbocycles. The summed E-state index contributed by atoms with van der Waals surface area (Å²) >= 11 is 0. The van der Waals surface area contributed by atoms with E-state index in [4.69, 9.17) is 6.57 Å². The molecule has 4 heterocycles. The van der Waals surface area contributed by atoms with Crippen LogP contribution in [0.15, 0.2) is 243 Å². The Morgan fingerprint density at radius 1 is 0.351 bits per heavy atom. The molecular formula is C68H40N6. The van der Waals surface area contributed by atoms with Crippen LogP contribution in [0.5, 0.6) is 0 Å². The van der Waals surface area contributed by atoms with E-state index in [0.29, 0.717) is 11.3 Å². The maximum Gasteiger partial charge on any atom is 0.187 e. The molecule has 6 heteroatoms. The molecule has 0 aliphatic heterocycles. The van der Waals surface area contributed by atoms with E-state index in [1.54, 1.807) is 0 Å². The molecule has 0 aliphatic rings. The van der Waals surface area contributed by atoms with Gasteiger partial charge in [0.2, 0.25) is 0 Å². The minimum atomic E-state index is 0.613. The molecule has 6 nitrogen and oxygen atoms in total. The van der Waals surface area contributed by atoms with Gasteiger partial charge in [-0.2, -0.15) is 5.26 Å². The van der Waals surface area contributed by atoms with Gasteiger partial charge in [0.1, 0.15) is 0 Å². The third kappa shape index (κ3) is 5.91. The van der Waals surface area contributed by atoms with E-state index in [0.717, 1.165) is 56.3 Å². The number of hydrogen-bond acceptors (Lipinski definition) is 3. The SMILES string of the molecule is [C-]#[N+]c1ccc(N(c2ccccc2)c2ccc3c(c2)c2cccc4c5c(-c6ccccc6)c6c(c(-c7ccccc7)c5n3c24)c2cccc3c4cc(N(c5ccccc5)c5ccc(C#N)cc5)ccc4n6c32)cc1. The lowest BCUT2D eigenvalue weighted by Crippen LogP contribution is -2.09. The maximum atomic E-state index is 9.69. The number of hydrogen-bond donors (Lipinski definition) is 0. The van der Waals surface area contributed by atoms with Crippen molar-refractivity contribution in [2.45, 2.75) is 0 Å². The Kier molecular flexibility index (Phi) is 8.99. The maximum absolute atomic E-state index is 9.69. The first-order valence-electron chi connectivity index (χ1n) is 24.9. The van der Waals surface area contributed by atoms with Crippen molar-refractivity contribution in [3.63, 3.8) is 0 Å². The van der Waals surface area contributed by atoms with Gasteiger partial charge >= 0.3 is 0 Å². The predicted molar refractivity (Wildman–Crippen MR) is 307 cm³/mol. The number of aromatic nitrogens is 2. The summed E-state index contributed by atoms with van der Waals surface area (Å²) in [7, 11) is 0.